The van der Waals surface area contributed by atoms with Gasteiger partial charge >= 0.3 is 0 Å². The molecule has 2 aromatic heterocycles. The molecular formula is C4H4N6S3. The molecule has 0 radical (unpaired) electrons. The number of hydrogen-bond acceptors (Lipinski definition) is 7. The molecule has 2 N–H and O–H groups in total. The summed E-state index contributed by atoms with van der Waals surface area (Å²) in [6, 6.07) is 0. The topological polar surface area (TPSA) is 83.1 Å². The molecule has 0 amide bonds. The summed E-state index contributed by atoms with van der Waals surface area (Å²) in [5.74, 6) is 0. The van der Waals surface area contributed by atoms with Gasteiger partial charge in [-0.3, -0.25) is 0 Å². The first-order valence-corrected chi connectivity index (χ1v) is 6.66. The van der Waals surface area contributed by atoms with E-state index >= 15 is 0 Å². The lowest BCUT2D eigenvalue weighted by molar-refractivity contribution is 0.912. The maximum Gasteiger partial charge on any atom is 0.149 e. The Balaban J connectivity index is 1.76. The quantitative estimate of drug-likeness (QED) is 0.770. The van der Waals surface area contributed by atoms with Gasteiger partial charge < -0.3 is 0 Å². The summed E-state index contributed by atoms with van der Waals surface area (Å²) in [6.07, 6.45) is 3.34. The second-order valence-electron chi connectivity index (χ2n) is 1.85. The second kappa shape index (κ2) is 4.53. The van der Waals surface area contributed by atoms with Crippen LogP contribution >= 0.6 is 31.4 Å². The van der Waals surface area contributed by atoms with Crippen molar-refractivity contribution in [2.75, 3.05) is 0 Å². The molecule has 0 saturated heterocycles. The van der Waals surface area contributed by atoms with Gasteiger partial charge in [0.05, 0.1) is 12.4 Å². The van der Waals surface area contributed by atoms with Crippen molar-refractivity contribution in [2.24, 2.45) is 0 Å². The molecule has 0 fully saturated rings. The SMILES string of the molecule is c1n[nH]nc1SSSc1cn[nH]n1. The molecule has 13 heavy (non-hydrogen) atoms. The summed E-state index contributed by atoms with van der Waals surface area (Å²) in [4.78, 5) is 0. The van der Waals surface area contributed by atoms with E-state index in [0.717, 1.165) is 10.1 Å². The van der Waals surface area contributed by atoms with Crippen molar-refractivity contribution in [3.8, 4) is 0 Å². The molecule has 68 valence electrons. The average Bonchev–Trinajstić information content (AvgIpc) is 2.75. The van der Waals surface area contributed by atoms with E-state index in [4.69, 9.17) is 0 Å². The molecule has 2 heterocycles. The van der Waals surface area contributed by atoms with E-state index in [1.807, 2.05) is 0 Å². The number of nitrogens with one attached hydrogen (secondary N) is 2. The Morgan fingerprint density at radius 3 is 1.85 bits per heavy atom. The fourth-order valence-electron chi connectivity index (χ4n) is 0.549. The van der Waals surface area contributed by atoms with Crippen LogP contribution in [-0.4, -0.2) is 30.8 Å². The Bertz CT molecular complexity index is 296. The van der Waals surface area contributed by atoms with Gasteiger partial charge in [-0.05, 0) is 31.4 Å². The molecule has 0 spiro atoms. The Morgan fingerprint density at radius 1 is 0.923 bits per heavy atom. The molecule has 0 aromatic carbocycles. The summed E-state index contributed by atoms with van der Waals surface area (Å²) in [6.45, 7) is 0. The summed E-state index contributed by atoms with van der Waals surface area (Å²) in [7, 11) is 4.59. The van der Waals surface area contributed by atoms with Crippen LogP contribution in [0.5, 0.6) is 0 Å². The molecule has 2 rings (SSSR count). The van der Waals surface area contributed by atoms with Crippen LogP contribution in [0.4, 0.5) is 0 Å². The zero-order valence-corrected chi connectivity index (χ0v) is 8.62. The monoisotopic (exact) mass is 232 g/mol. The molecule has 0 unspecified atom stereocenters. The second-order valence-corrected chi connectivity index (χ2v) is 5.79. The van der Waals surface area contributed by atoms with Gasteiger partial charge in [-0.1, -0.05) is 0 Å². The highest BCUT2D eigenvalue weighted by Crippen LogP contribution is 2.42. The standard InChI is InChI=1S/C4H4N6S3/c1-3(7-9-5-1)11-13-12-4-2-6-10-8-4/h1-2H,(H,5,7,9)(H,6,8,10). The largest absolute Gasteiger partial charge is 0.197 e. The highest BCUT2D eigenvalue weighted by molar-refractivity contribution is 9.09. The smallest absolute Gasteiger partial charge is 0.149 e. The van der Waals surface area contributed by atoms with Crippen molar-refractivity contribution < 1.29 is 0 Å². The van der Waals surface area contributed by atoms with Gasteiger partial charge in [-0.15, -0.1) is 10.2 Å². The summed E-state index contributed by atoms with van der Waals surface area (Å²) in [5, 5.41) is 21.9. The van der Waals surface area contributed by atoms with Gasteiger partial charge in [-0.2, -0.15) is 20.6 Å². The van der Waals surface area contributed by atoms with Gasteiger partial charge in [-0.25, -0.2) is 0 Å². The molecule has 9 heteroatoms. The molecular weight excluding hydrogens is 228 g/mol. The maximum atomic E-state index is 3.88. The maximum absolute atomic E-state index is 3.88. The lowest BCUT2D eigenvalue weighted by Crippen LogP contribution is -1.68. The molecule has 0 aliphatic carbocycles. The fraction of sp³-hybridized carbons (Fsp3) is 0. The summed E-state index contributed by atoms with van der Waals surface area (Å²) >= 11 is 0. The Kier molecular flexibility index (Phi) is 3.11. The fourth-order valence-corrected chi connectivity index (χ4v) is 3.63. The molecule has 0 saturated carbocycles. The predicted octanol–water partition coefficient (Wildman–Crippen LogP) is 1.37. The zero-order chi connectivity index (χ0) is 8.93. The number of rotatable bonds is 4. The molecule has 6 nitrogen and oxygen atoms in total. The van der Waals surface area contributed by atoms with Gasteiger partial charge in [0.2, 0.25) is 0 Å². The van der Waals surface area contributed by atoms with Crippen molar-refractivity contribution in [3.63, 3.8) is 0 Å². The average molecular weight is 232 g/mol. The van der Waals surface area contributed by atoms with Crippen molar-refractivity contribution in [3.05, 3.63) is 12.4 Å². The lowest BCUT2D eigenvalue weighted by atomic mass is 11.0. The van der Waals surface area contributed by atoms with Crippen LogP contribution in [0, 0.1) is 0 Å². The number of H-pyrrole nitrogens is 2. The summed E-state index contributed by atoms with van der Waals surface area (Å²) in [5.41, 5.74) is 0. The minimum absolute atomic E-state index is 0.848. The van der Waals surface area contributed by atoms with Crippen LogP contribution in [0.2, 0.25) is 0 Å². The van der Waals surface area contributed by atoms with Crippen LogP contribution < -0.4 is 0 Å². The predicted molar refractivity (Wildman–Crippen MR) is 52.1 cm³/mol. The number of nitrogens with zero attached hydrogens (tertiary/aromatic N) is 4. The first-order chi connectivity index (χ1) is 6.45. The van der Waals surface area contributed by atoms with Crippen LogP contribution in [-0.2, 0) is 0 Å². The minimum Gasteiger partial charge on any atom is -0.197 e. The first kappa shape index (κ1) is 8.91. The van der Waals surface area contributed by atoms with E-state index in [0.29, 0.717) is 0 Å². The van der Waals surface area contributed by atoms with Gasteiger partial charge in [0.25, 0.3) is 0 Å². The number of aromatic amines is 2. The Morgan fingerprint density at radius 2 is 1.46 bits per heavy atom. The van der Waals surface area contributed by atoms with Crippen molar-refractivity contribution in [1.82, 2.24) is 30.8 Å². The van der Waals surface area contributed by atoms with Gasteiger partial charge in [0.1, 0.15) is 10.1 Å². The normalized spacial score (nSPS) is 10.5. The molecule has 0 atom stereocenters. The lowest BCUT2D eigenvalue weighted by Gasteiger charge is -1.90. The number of hydrogen-bond donors (Lipinski definition) is 2. The van der Waals surface area contributed by atoms with Crippen LogP contribution in [0.25, 0.3) is 0 Å². The minimum atomic E-state index is 0.848. The third kappa shape index (κ3) is 2.64. The van der Waals surface area contributed by atoms with E-state index in [-0.39, 0.29) is 0 Å². The van der Waals surface area contributed by atoms with Gasteiger partial charge in [0.15, 0.2) is 0 Å². The van der Waals surface area contributed by atoms with E-state index in [9.17, 15) is 0 Å². The molecule has 2 aromatic rings. The molecule has 0 aliphatic rings. The third-order valence-corrected chi connectivity index (χ3v) is 4.55. The molecule has 0 bridgehead atoms. The zero-order valence-electron chi connectivity index (χ0n) is 6.17. The van der Waals surface area contributed by atoms with E-state index < -0.39 is 0 Å². The highest BCUT2D eigenvalue weighted by Gasteiger charge is 2.00. The summed E-state index contributed by atoms with van der Waals surface area (Å²) < 4.78 is 0. The van der Waals surface area contributed by atoms with E-state index in [1.54, 1.807) is 22.2 Å². The van der Waals surface area contributed by atoms with Crippen molar-refractivity contribution >= 4 is 31.4 Å². The van der Waals surface area contributed by atoms with Crippen molar-refractivity contribution in [2.45, 2.75) is 10.1 Å². The number of aromatic nitrogens is 6. The Hall–Kier alpha value is -0.670. The van der Waals surface area contributed by atoms with Crippen molar-refractivity contribution in [1.29, 1.82) is 0 Å². The van der Waals surface area contributed by atoms with Crippen LogP contribution in [0.1, 0.15) is 0 Å². The molecule has 0 aliphatic heterocycles. The first-order valence-electron chi connectivity index (χ1n) is 3.18. The van der Waals surface area contributed by atoms with Crippen LogP contribution in [0.3, 0.4) is 0 Å². The highest BCUT2D eigenvalue weighted by atomic mass is 33.5. The van der Waals surface area contributed by atoms with Gasteiger partial charge in [0, 0.05) is 0 Å². The van der Waals surface area contributed by atoms with E-state index in [1.165, 1.54) is 21.6 Å². The Labute approximate surface area is 84.8 Å². The third-order valence-electron chi connectivity index (χ3n) is 1.02. The van der Waals surface area contributed by atoms with E-state index in [2.05, 4.69) is 30.8 Å². The van der Waals surface area contributed by atoms with Crippen LogP contribution in [0.15, 0.2) is 22.4 Å².